The number of aldehydes is 1. The zero-order chi connectivity index (χ0) is 22.8. The average Bonchev–Trinajstić information content (AvgIpc) is 3.04. The van der Waals surface area contributed by atoms with Gasteiger partial charge in [0.1, 0.15) is 6.29 Å². The van der Waals surface area contributed by atoms with E-state index < -0.39 is 0 Å². The van der Waals surface area contributed by atoms with Crippen molar-refractivity contribution in [1.82, 2.24) is 10.2 Å². The molecule has 170 valence electrons. The molecule has 1 aliphatic heterocycles. The molecular formula is C28H36N2O2. The molecule has 1 atom stereocenters. The first-order valence-corrected chi connectivity index (χ1v) is 12.0. The molecule has 1 saturated heterocycles. The average molecular weight is 433 g/mol. The Hall–Kier alpha value is -2.46. The van der Waals surface area contributed by atoms with E-state index in [1.165, 1.54) is 5.56 Å². The second-order valence-corrected chi connectivity index (χ2v) is 10.7. The van der Waals surface area contributed by atoms with Crippen molar-refractivity contribution < 1.29 is 9.59 Å². The molecule has 0 bridgehead atoms. The van der Waals surface area contributed by atoms with E-state index in [9.17, 15) is 9.59 Å². The summed E-state index contributed by atoms with van der Waals surface area (Å²) in [5.74, 6) is 0.900. The quantitative estimate of drug-likeness (QED) is 0.625. The maximum atomic E-state index is 13.6. The van der Waals surface area contributed by atoms with Crippen LogP contribution < -0.4 is 5.32 Å². The van der Waals surface area contributed by atoms with Crippen molar-refractivity contribution in [3.05, 3.63) is 71.3 Å². The number of benzene rings is 2. The first kappa shape index (κ1) is 22.7. The molecule has 0 radical (unpaired) electrons. The highest BCUT2D eigenvalue weighted by atomic mass is 16.2. The SMILES string of the molecule is CC(C)(C)C1CCC2(CC1)NC(CCc1ccccc1)C(=O)N2Cc1ccc(C=O)cc1. The lowest BCUT2D eigenvalue weighted by atomic mass is 9.69. The number of hydrogen-bond acceptors (Lipinski definition) is 3. The first-order chi connectivity index (χ1) is 15.3. The first-order valence-electron chi connectivity index (χ1n) is 12.0. The van der Waals surface area contributed by atoms with Crippen LogP contribution in [0.2, 0.25) is 0 Å². The fraction of sp³-hybridized carbons (Fsp3) is 0.500. The lowest BCUT2D eigenvalue weighted by Crippen LogP contribution is -2.55. The molecule has 2 aliphatic rings. The largest absolute Gasteiger partial charge is 0.319 e. The molecule has 1 saturated carbocycles. The van der Waals surface area contributed by atoms with Crippen LogP contribution in [0.4, 0.5) is 0 Å². The molecule has 32 heavy (non-hydrogen) atoms. The summed E-state index contributed by atoms with van der Waals surface area (Å²) in [5, 5.41) is 3.81. The van der Waals surface area contributed by atoms with Crippen molar-refractivity contribution in [3.63, 3.8) is 0 Å². The number of hydrogen-bond donors (Lipinski definition) is 1. The molecule has 1 amide bonds. The molecule has 1 unspecified atom stereocenters. The van der Waals surface area contributed by atoms with E-state index in [1.54, 1.807) is 0 Å². The van der Waals surface area contributed by atoms with Gasteiger partial charge in [0, 0.05) is 12.1 Å². The predicted octanol–water partition coefficient (Wildman–Crippen LogP) is 5.36. The van der Waals surface area contributed by atoms with E-state index >= 15 is 0 Å². The topological polar surface area (TPSA) is 49.4 Å². The standard InChI is InChI=1S/C28H36N2O2/c1-27(2,3)24-15-17-28(18-16-24)29-25(14-13-21-7-5-4-6-8-21)26(32)30(28)19-22-9-11-23(20-31)12-10-22/h4-12,20,24-25,29H,13-19H2,1-3H3. The maximum absolute atomic E-state index is 13.6. The molecule has 1 aliphatic carbocycles. The van der Waals surface area contributed by atoms with Gasteiger partial charge in [-0.2, -0.15) is 0 Å². The van der Waals surface area contributed by atoms with Gasteiger partial charge in [-0.15, -0.1) is 0 Å². The molecule has 0 aromatic heterocycles. The summed E-state index contributed by atoms with van der Waals surface area (Å²) < 4.78 is 0. The molecule has 2 aromatic carbocycles. The normalized spacial score (nSPS) is 26.0. The Morgan fingerprint density at radius 1 is 1.00 bits per heavy atom. The van der Waals surface area contributed by atoms with Gasteiger partial charge in [0.15, 0.2) is 0 Å². The molecule has 1 spiro atoms. The Morgan fingerprint density at radius 3 is 2.25 bits per heavy atom. The molecule has 1 heterocycles. The molecule has 2 aromatic rings. The van der Waals surface area contributed by atoms with Gasteiger partial charge in [-0.1, -0.05) is 75.4 Å². The van der Waals surface area contributed by atoms with Crippen molar-refractivity contribution in [2.75, 3.05) is 0 Å². The van der Waals surface area contributed by atoms with E-state index in [2.05, 4.69) is 55.3 Å². The third-order valence-electron chi connectivity index (χ3n) is 7.58. The molecule has 4 rings (SSSR count). The van der Waals surface area contributed by atoms with Crippen molar-refractivity contribution in [1.29, 1.82) is 0 Å². The third-order valence-corrected chi connectivity index (χ3v) is 7.58. The summed E-state index contributed by atoms with van der Waals surface area (Å²) in [7, 11) is 0. The Morgan fingerprint density at radius 2 is 1.66 bits per heavy atom. The third kappa shape index (κ3) is 4.80. The molecular weight excluding hydrogens is 396 g/mol. The summed E-state index contributed by atoms with van der Waals surface area (Å²) in [4.78, 5) is 26.7. The van der Waals surface area contributed by atoms with Gasteiger partial charge in [-0.3, -0.25) is 14.9 Å². The Labute approximate surface area is 192 Å². The lowest BCUT2D eigenvalue weighted by Gasteiger charge is -2.46. The van der Waals surface area contributed by atoms with Crippen LogP contribution in [-0.4, -0.2) is 28.8 Å². The monoisotopic (exact) mass is 432 g/mol. The molecule has 2 fully saturated rings. The number of rotatable bonds is 6. The van der Waals surface area contributed by atoms with Crippen LogP contribution >= 0.6 is 0 Å². The highest BCUT2D eigenvalue weighted by Crippen LogP contribution is 2.45. The summed E-state index contributed by atoms with van der Waals surface area (Å²) in [6.07, 6.45) is 6.83. The Kier molecular flexibility index (Phi) is 6.52. The van der Waals surface area contributed by atoms with Crippen LogP contribution in [0.3, 0.4) is 0 Å². The fourth-order valence-corrected chi connectivity index (χ4v) is 5.50. The van der Waals surface area contributed by atoms with Crippen LogP contribution in [0.5, 0.6) is 0 Å². The van der Waals surface area contributed by atoms with Crippen LogP contribution in [0, 0.1) is 11.3 Å². The number of nitrogens with zero attached hydrogens (tertiary/aromatic N) is 1. The fourth-order valence-electron chi connectivity index (χ4n) is 5.50. The summed E-state index contributed by atoms with van der Waals surface area (Å²) in [5.41, 5.74) is 3.05. The van der Waals surface area contributed by atoms with E-state index in [1.807, 2.05) is 30.3 Å². The number of carbonyl (C=O) groups excluding carboxylic acids is 2. The molecule has 4 heteroatoms. The number of aryl methyl sites for hydroxylation is 1. The van der Waals surface area contributed by atoms with Gasteiger partial charge in [-0.05, 0) is 61.0 Å². The summed E-state index contributed by atoms with van der Waals surface area (Å²) in [6.45, 7) is 7.58. The van der Waals surface area contributed by atoms with Gasteiger partial charge in [-0.25, -0.2) is 0 Å². The highest BCUT2D eigenvalue weighted by molar-refractivity contribution is 5.85. The molecule has 1 N–H and O–H groups in total. The van der Waals surface area contributed by atoms with Crippen LogP contribution in [0.25, 0.3) is 0 Å². The van der Waals surface area contributed by atoms with Crippen molar-refractivity contribution in [2.24, 2.45) is 11.3 Å². The van der Waals surface area contributed by atoms with Crippen molar-refractivity contribution in [3.8, 4) is 0 Å². The minimum Gasteiger partial charge on any atom is -0.319 e. The maximum Gasteiger partial charge on any atom is 0.241 e. The number of carbonyl (C=O) groups is 2. The highest BCUT2D eigenvalue weighted by Gasteiger charge is 2.52. The van der Waals surface area contributed by atoms with Crippen LogP contribution in [0.15, 0.2) is 54.6 Å². The second kappa shape index (κ2) is 9.19. The minimum atomic E-state index is -0.260. The predicted molar refractivity (Wildman–Crippen MR) is 128 cm³/mol. The second-order valence-electron chi connectivity index (χ2n) is 10.7. The van der Waals surface area contributed by atoms with Gasteiger partial charge in [0.25, 0.3) is 0 Å². The minimum absolute atomic E-state index is 0.143. The lowest BCUT2D eigenvalue weighted by molar-refractivity contribution is -0.134. The van der Waals surface area contributed by atoms with Gasteiger partial charge >= 0.3 is 0 Å². The Balaban J connectivity index is 1.53. The van der Waals surface area contributed by atoms with Gasteiger partial charge in [0.2, 0.25) is 5.91 Å². The smallest absolute Gasteiger partial charge is 0.241 e. The Bertz CT molecular complexity index is 922. The zero-order valence-corrected chi connectivity index (χ0v) is 19.6. The van der Waals surface area contributed by atoms with Crippen LogP contribution in [-0.2, 0) is 17.8 Å². The van der Waals surface area contributed by atoms with Crippen molar-refractivity contribution >= 4 is 12.2 Å². The number of amides is 1. The van der Waals surface area contributed by atoms with E-state index in [-0.39, 0.29) is 17.6 Å². The van der Waals surface area contributed by atoms with Gasteiger partial charge in [0.05, 0.1) is 11.7 Å². The van der Waals surface area contributed by atoms with Gasteiger partial charge < -0.3 is 4.90 Å². The zero-order valence-electron chi connectivity index (χ0n) is 19.6. The van der Waals surface area contributed by atoms with Crippen LogP contribution in [0.1, 0.15) is 74.4 Å². The number of nitrogens with one attached hydrogen (secondary N) is 1. The van der Waals surface area contributed by atoms with E-state index in [0.717, 1.165) is 50.4 Å². The van der Waals surface area contributed by atoms with Crippen molar-refractivity contribution in [2.45, 2.75) is 77.5 Å². The summed E-state index contributed by atoms with van der Waals surface area (Å²) >= 11 is 0. The molecule has 4 nitrogen and oxygen atoms in total. The van der Waals surface area contributed by atoms with E-state index in [4.69, 9.17) is 0 Å². The summed E-state index contributed by atoms with van der Waals surface area (Å²) in [6, 6.07) is 17.9. The van der Waals surface area contributed by atoms with E-state index in [0.29, 0.717) is 23.4 Å².